The molecular formula is C20H23FN4O2. The smallest absolute Gasteiger partial charge is 0.321 e. The molecule has 1 aliphatic heterocycles. The van der Waals surface area contributed by atoms with Crippen LogP contribution >= 0.6 is 0 Å². The van der Waals surface area contributed by atoms with Gasteiger partial charge in [0.15, 0.2) is 0 Å². The fraction of sp³-hybridized carbons (Fsp3) is 0.300. The standard InChI is InChI=1S/C20H23FN4O2/c1-24(18-9-11-25(12-10-18)19(22)26)20(27)23-17-7-5-14(6-8-17)15-3-2-4-16(21)13-15/h2-8,13,18H,9-12H2,1H3,(H2,22,26)(H,23,27). The summed E-state index contributed by atoms with van der Waals surface area (Å²) in [4.78, 5) is 26.9. The van der Waals surface area contributed by atoms with Crippen molar-refractivity contribution in [2.24, 2.45) is 5.73 Å². The van der Waals surface area contributed by atoms with E-state index in [1.54, 1.807) is 35.0 Å². The van der Waals surface area contributed by atoms with E-state index in [0.717, 1.165) is 11.1 Å². The second-order valence-electron chi connectivity index (χ2n) is 6.69. The molecule has 7 heteroatoms. The van der Waals surface area contributed by atoms with Gasteiger partial charge in [-0.2, -0.15) is 0 Å². The summed E-state index contributed by atoms with van der Waals surface area (Å²) in [6.07, 6.45) is 1.40. The minimum absolute atomic E-state index is 0.0622. The number of hydrogen-bond acceptors (Lipinski definition) is 2. The van der Waals surface area contributed by atoms with Gasteiger partial charge in [0.1, 0.15) is 5.82 Å². The number of primary amides is 1. The highest BCUT2D eigenvalue weighted by Crippen LogP contribution is 2.23. The van der Waals surface area contributed by atoms with Crippen molar-refractivity contribution >= 4 is 17.7 Å². The average Bonchev–Trinajstić information content (AvgIpc) is 2.68. The van der Waals surface area contributed by atoms with Crippen LogP contribution < -0.4 is 11.1 Å². The molecule has 1 fully saturated rings. The SMILES string of the molecule is CN(C(=O)Nc1ccc(-c2cccc(F)c2)cc1)C1CCN(C(N)=O)CC1. The summed E-state index contributed by atoms with van der Waals surface area (Å²) >= 11 is 0. The number of piperidine rings is 1. The maximum absolute atomic E-state index is 13.3. The Labute approximate surface area is 157 Å². The zero-order chi connectivity index (χ0) is 19.4. The number of carbonyl (C=O) groups is 2. The number of amides is 4. The third kappa shape index (κ3) is 4.55. The van der Waals surface area contributed by atoms with E-state index in [1.807, 2.05) is 18.2 Å². The van der Waals surface area contributed by atoms with Crippen molar-refractivity contribution in [3.05, 3.63) is 54.3 Å². The molecule has 0 radical (unpaired) electrons. The van der Waals surface area contributed by atoms with E-state index in [1.165, 1.54) is 12.1 Å². The van der Waals surface area contributed by atoms with Crippen LogP contribution in [0.15, 0.2) is 48.5 Å². The summed E-state index contributed by atoms with van der Waals surface area (Å²) in [5, 5.41) is 2.87. The molecule has 2 aromatic carbocycles. The lowest BCUT2D eigenvalue weighted by atomic mass is 10.0. The molecule has 2 aromatic rings. The molecule has 3 rings (SSSR count). The molecule has 1 aliphatic rings. The molecule has 1 saturated heterocycles. The molecule has 0 atom stereocenters. The average molecular weight is 370 g/mol. The van der Waals surface area contributed by atoms with Crippen molar-refractivity contribution < 1.29 is 14.0 Å². The number of likely N-dealkylation sites (tertiary alicyclic amines) is 1. The lowest BCUT2D eigenvalue weighted by molar-refractivity contribution is 0.149. The molecule has 0 bridgehead atoms. The first kappa shape index (κ1) is 18.7. The fourth-order valence-electron chi connectivity index (χ4n) is 3.27. The van der Waals surface area contributed by atoms with Crippen LogP contribution in [0.25, 0.3) is 11.1 Å². The van der Waals surface area contributed by atoms with Gasteiger partial charge in [0.05, 0.1) is 0 Å². The highest BCUT2D eigenvalue weighted by atomic mass is 19.1. The Morgan fingerprint density at radius 3 is 2.37 bits per heavy atom. The molecule has 0 unspecified atom stereocenters. The van der Waals surface area contributed by atoms with Crippen molar-refractivity contribution in [1.29, 1.82) is 0 Å². The van der Waals surface area contributed by atoms with Crippen LogP contribution in [0, 0.1) is 5.82 Å². The van der Waals surface area contributed by atoms with Crippen LogP contribution in [0.4, 0.5) is 19.7 Å². The molecule has 6 nitrogen and oxygen atoms in total. The highest BCUT2D eigenvalue weighted by molar-refractivity contribution is 5.89. The van der Waals surface area contributed by atoms with E-state index in [9.17, 15) is 14.0 Å². The quantitative estimate of drug-likeness (QED) is 0.867. The van der Waals surface area contributed by atoms with Crippen molar-refractivity contribution in [3.63, 3.8) is 0 Å². The maximum atomic E-state index is 13.3. The number of carbonyl (C=O) groups excluding carboxylic acids is 2. The summed E-state index contributed by atoms with van der Waals surface area (Å²) in [5.41, 5.74) is 7.61. The molecular weight excluding hydrogens is 347 g/mol. The van der Waals surface area contributed by atoms with Gasteiger partial charge in [0.25, 0.3) is 0 Å². The first-order valence-electron chi connectivity index (χ1n) is 8.88. The highest BCUT2D eigenvalue weighted by Gasteiger charge is 2.26. The van der Waals surface area contributed by atoms with Crippen LogP contribution in [0.1, 0.15) is 12.8 Å². The Balaban J connectivity index is 1.58. The zero-order valence-electron chi connectivity index (χ0n) is 15.2. The third-order valence-corrected chi connectivity index (χ3v) is 4.94. The first-order chi connectivity index (χ1) is 12.9. The number of anilines is 1. The predicted molar refractivity (Wildman–Crippen MR) is 103 cm³/mol. The largest absolute Gasteiger partial charge is 0.351 e. The Hall–Kier alpha value is -3.09. The minimum atomic E-state index is -0.418. The summed E-state index contributed by atoms with van der Waals surface area (Å²) in [6, 6.07) is 13.1. The summed E-state index contributed by atoms with van der Waals surface area (Å²) in [7, 11) is 1.75. The van der Waals surface area contributed by atoms with E-state index < -0.39 is 6.03 Å². The van der Waals surface area contributed by atoms with Gasteiger partial charge in [-0.3, -0.25) is 0 Å². The summed E-state index contributed by atoms with van der Waals surface area (Å²) < 4.78 is 13.3. The second-order valence-corrected chi connectivity index (χ2v) is 6.69. The second kappa shape index (κ2) is 8.07. The van der Waals surface area contributed by atoms with Crippen molar-refractivity contribution in [2.75, 3.05) is 25.5 Å². The Morgan fingerprint density at radius 2 is 1.78 bits per heavy atom. The molecule has 0 spiro atoms. The maximum Gasteiger partial charge on any atom is 0.321 e. The van der Waals surface area contributed by atoms with Crippen LogP contribution in [0.3, 0.4) is 0 Å². The summed E-state index contributed by atoms with van der Waals surface area (Å²) in [6.45, 7) is 1.11. The number of rotatable bonds is 3. The predicted octanol–water partition coefficient (Wildman–Crippen LogP) is 3.50. The third-order valence-electron chi connectivity index (χ3n) is 4.94. The molecule has 3 N–H and O–H groups in total. The number of hydrogen-bond donors (Lipinski definition) is 2. The van der Waals surface area contributed by atoms with Crippen molar-refractivity contribution in [3.8, 4) is 11.1 Å². The van der Waals surface area contributed by atoms with Gasteiger partial charge >= 0.3 is 12.1 Å². The van der Waals surface area contributed by atoms with Crippen molar-refractivity contribution in [1.82, 2.24) is 9.80 Å². The summed E-state index contributed by atoms with van der Waals surface area (Å²) in [5.74, 6) is -0.283. The number of halogens is 1. The van der Waals surface area contributed by atoms with Gasteiger partial charge in [-0.25, -0.2) is 14.0 Å². The van der Waals surface area contributed by atoms with Crippen LogP contribution in [0.2, 0.25) is 0 Å². The van der Waals surface area contributed by atoms with Crippen LogP contribution in [-0.4, -0.2) is 48.0 Å². The Bertz CT molecular complexity index is 817. The van der Waals surface area contributed by atoms with Gasteiger partial charge in [0, 0.05) is 31.9 Å². The first-order valence-corrected chi connectivity index (χ1v) is 8.88. The van der Waals surface area contributed by atoms with Gasteiger partial charge in [-0.05, 0) is 48.2 Å². The molecule has 0 saturated carbocycles. The zero-order valence-corrected chi connectivity index (χ0v) is 15.2. The lowest BCUT2D eigenvalue weighted by Crippen LogP contribution is -2.49. The monoisotopic (exact) mass is 370 g/mol. The Morgan fingerprint density at radius 1 is 1.11 bits per heavy atom. The normalized spacial score (nSPS) is 14.7. The van der Waals surface area contributed by atoms with Gasteiger partial charge in [-0.1, -0.05) is 24.3 Å². The van der Waals surface area contributed by atoms with E-state index in [2.05, 4.69) is 5.32 Å². The molecule has 0 aliphatic carbocycles. The number of benzene rings is 2. The lowest BCUT2D eigenvalue weighted by Gasteiger charge is -2.35. The van der Waals surface area contributed by atoms with Gasteiger partial charge in [0.2, 0.25) is 0 Å². The molecule has 27 heavy (non-hydrogen) atoms. The molecule has 142 valence electrons. The van der Waals surface area contributed by atoms with Gasteiger partial charge < -0.3 is 20.9 Å². The number of nitrogens with two attached hydrogens (primary N) is 1. The van der Waals surface area contributed by atoms with Gasteiger partial charge in [-0.15, -0.1) is 0 Å². The van der Waals surface area contributed by atoms with Crippen molar-refractivity contribution in [2.45, 2.75) is 18.9 Å². The van der Waals surface area contributed by atoms with E-state index in [-0.39, 0.29) is 17.9 Å². The van der Waals surface area contributed by atoms with E-state index >= 15 is 0 Å². The minimum Gasteiger partial charge on any atom is -0.351 e. The van der Waals surface area contributed by atoms with Crippen LogP contribution in [0.5, 0.6) is 0 Å². The fourth-order valence-corrected chi connectivity index (χ4v) is 3.27. The molecule has 0 aromatic heterocycles. The Kier molecular flexibility index (Phi) is 5.59. The van der Waals surface area contributed by atoms with E-state index in [4.69, 9.17) is 5.73 Å². The topological polar surface area (TPSA) is 78.7 Å². The number of nitrogens with one attached hydrogen (secondary N) is 1. The molecule has 1 heterocycles. The molecule has 4 amide bonds. The van der Waals surface area contributed by atoms with Crippen LogP contribution in [-0.2, 0) is 0 Å². The number of nitrogens with zero attached hydrogens (tertiary/aromatic N) is 2. The van der Waals surface area contributed by atoms with E-state index in [0.29, 0.717) is 31.6 Å². The number of urea groups is 2.